The van der Waals surface area contributed by atoms with Gasteiger partial charge in [0, 0.05) is 26.2 Å². The van der Waals surface area contributed by atoms with E-state index in [1.807, 2.05) is 11.8 Å². The van der Waals surface area contributed by atoms with Gasteiger partial charge in [-0.15, -0.1) is 5.10 Å². The van der Waals surface area contributed by atoms with Gasteiger partial charge in [-0.05, 0) is 45.9 Å². The van der Waals surface area contributed by atoms with Gasteiger partial charge in [-0.3, -0.25) is 9.69 Å². The molecule has 0 radical (unpaired) electrons. The maximum Gasteiger partial charge on any atom is 0.277 e. The van der Waals surface area contributed by atoms with Gasteiger partial charge in [0.05, 0.1) is 22.8 Å². The third kappa shape index (κ3) is 4.26. The maximum absolute atomic E-state index is 13.3. The van der Waals surface area contributed by atoms with Crippen LogP contribution < -0.4 is 10.3 Å². The van der Waals surface area contributed by atoms with Crippen LogP contribution in [0.4, 0.5) is 0 Å². The number of imidazole rings is 1. The molecule has 12 heteroatoms. The summed E-state index contributed by atoms with van der Waals surface area (Å²) in [5.74, 6) is 1.15. The fourth-order valence-electron chi connectivity index (χ4n) is 4.06. The summed E-state index contributed by atoms with van der Waals surface area (Å²) < 4.78 is 35.3. The second-order valence-electron chi connectivity index (χ2n) is 7.97. The molecule has 1 unspecified atom stereocenters. The number of rotatable bonds is 6. The highest BCUT2D eigenvalue weighted by molar-refractivity contribution is 7.89. The summed E-state index contributed by atoms with van der Waals surface area (Å²) in [6, 6.07) is 4.55. The Morgan fingerprint density at radius 2 is 1.91 bits per heavy atom. The Morgan fingerprint density at radius 1 is 1.21 bits per heavy atom. The van der Waals surface area contributed by atoms with E-state index in [1.165, 1.54) is 21.0 Å². The number of aryl methyl sites for hydroxylation is 2. The van der Waals surface area contributed by atoms with Crippen LogP contribution in [0.2, 0.25) is 0 Å². The van der Waals surface area contributed by atoms with Gasteiger partial charge < -0.3 is 14.8 Å². The summed E-state index contributed by atoms with van der Waals surface area (Å²) in [7, 11) is -3.80. The number of H-pyrrole nitrogens is 1. The Balaban J connectivity index is 1.78. The number of aliphatic hydroxyl groups excluding tert-OH is 1. The largest absolute Gasteiger partial charge is 0.493 e. The SMILES string of the molecule is CCOc1ccc(S(=O)(=O)N2CCN(C(C)O)CC2)cc1-c1nn2c(C)nc(C)c2c(=O)[nH]1. The predicted octanol–water partition coefficient (Wildman–Crippen LogP) is 0.745. The number of aliphatic hydroxyl groups is 1. The number of aromatic nitrogens is 4. The van der Waals surface area contributed by atoms with E-state index in [0.29, 0.717) is 48.0 Å². The summed E-state index contributed by atoms with van der Waals surface area (Å²) >= 11 is 0. The monoisotopic (exact) mass is 476 g/mol. The van der Waals surface area contributed by atoms with Crippen LogP contribution in [0.5, 0.6) is 5.75 Å². The number of benzene rings is 1. The molecule has 3 aromatic rings. The summed E-state index contributed by atoms with van der Waals surface area (Å²) in [5, 5.41) is 14.3. The number of nitrogens with one attached hydrogen (secondary N) is 1. The Bertz CT molecular complexity index is 1340. The minimum absolute atomic E-state index is 0.0766. The third-order valence-corrected chi connectivity index (χ3v) is 7.68. The lowest BCUT2D eigenvalue weighted by molar-refractivity contribution is -0.000179. The van der Waals surface area contributed by atoms with Crippen molar-refractivity contribution in [1.29, 1.82) is 0 Å². The Morgan fingerprint density at radius 3 is 2.55 bits per heavy atom. The second kappa shape index (κ2) is 8.86. The number of aromatic amines is 1. The molecule has 1 saturated heterocycles. The lowest BCUT2D eigenvalue weighted by Gasteiger charge is -2.35. The summed E-state index contributed by atoms with van der Waals surface area (Å²) in [6.07, 6.45) is -0.625. The molecule has 33 heavy (non-hydrogen) atoms. The third-order valence-electron chi connectivity index (χ3n) is 5.78. The van der Waals surface area contributed by atoms with Gasteiger partial charge in [0.2, 0.25) is 10.0 Å². The zero-order valence-electron chi connectivity index (χ0n) is 19.1. The maximum atomic E-state index is 13.3. The van der Waals surface area contributed by atoms with Gasteiger partial charge in [0.1, 0.15) is 17.8 Å². The first-order valence-corrected chi connectivity index (χ1v) is 12.2. The molecule has 0 spiro atoms. The van der Waals surface area contributed by atoms with Crippen LogP contribution in [0.25, 0.3) is 16.9 Å². The normalized spacial score (nSPS) is 16.9. The molecular weight excluding hydrogens is 448 g/mol. The number of fused-ring (bicyclic) bond motifs is 1. The highest BCUT2D eigenvalue weighted by Gasteiger charge is 2.30. The molecule has 1 aromatic carbocycles. The van der Waals surface area contributed by atoms with Crippen molar-refractivity contribution >= 4 is 15.5 Å². The zero-order valence-corrected chi connectivity index (χ0v) is 19.9. The van der Waals surface area contributed by atoms with Crippen molar-refractivity contribution in [2.24, 2.45) is 0 Å². The summed E-state index contributed by atoms with van der Waals surface area (Å²) in [6.45, 7) is 8.72. The minimum Gasteiger partial charge on any atom is -0.493 e. The first-order valence-electron chi connectivity index (χ1n) is 10.8. The van der Waals surface area contributed by atoms with E-state index in [2.05, 4.69) is 15.1 Å². The Hall–Kier alpha value is -2.80. The first-order chi connectivity index (χ1) is 15.6. The molecule has 2 aromatic heterocycles. The van der Waals surface area contributed by atoms with Crippen LogP contribution in [0, 0.1) is 13.8 Å². The average Bonchev–Trinajstić information content (AvgIpc) is 3.07. The fourth-order valence-corrected chi connectivity index (χ4v) is 5.51. The van der Waals surface area contributed by atoms with Crippen LogP contribution in [0.3, 0.4) is 0 Å². The zero-order chi connectivity index (χ0) is 23.9. The molecule has 0 saturated carbocycles. The standard InChI is InChI=1S/C21H28N6O5S/c1-5-32-18-7-6-16(33(30,31)26-10-8-25(9-11-26)15(4)28)12-17(18)20-23-21(29)19-13(2)22-14(3)27(19)24-20/h6-7,12,15,28H,5,8-11H2,1-4H3,(H,23,24,29). The molecule has 4 rings (SSSR count). The number of hydrogen-bond acceptors (Lipinski definition) is 8. The molecule has 2 N–H and O–H groups in total. The van der Waals surface area contributed by atoms with Crippen LogP contribution in [-0.2, 0) is 10.0 Å². The van der Waals surface area contributed by atoms with E-state index in [9.17, 15) is 18.3 Å². The van der Waals surface area contributed by atoms with Gasteiger partial charge in [0.15, 0.2) is 11.3 Å². The molecule has 1 aliphatic heterocycles. The van der Waals surface area contributed by atoms with Gasteiger partial charge in [-0.25, -0.2) is 17.9 Å². The smallest absolute Gasteiger partial charge is 0.277 e. The molecule has 3 heterocycles. The van der Waals surface area contributed by atoms with Crippen LogP contribution >= 0.6 is 0 Å². The minimum atomic E-state index is -3.80. The quantitative estimate of drug-likeness (QED) is 0.532. The summed E-state index contributed by atoms with van der Waals surface area (Å²) in [5.41, 5.74) is 0.896. The van der Waals surface area contributed by atoms with Crippen LogP contribution in [0.1, 0.15) is 25.4 Å². The fraction of sp³-hybridized carbons (Fsp3) is 0.476. The molecule has 1 aliphatic rings. The number of nitrogens with zero attached hydrogens (tertiary/aromatic N) is 5. The van der Waals surface area contributed by atoms with E-state index in [4.69, 9.17) is 4.74 Å². The van der Waals surface area contributed by atoms with Crippen molar-refractivity contribution in [3.63, 3.8) is 0 Å². The van der Waals surface area contributed by atoms with Crippen molar-refractivity contribution in [3.8, 4) is 17.1 Å². The van der Waals surface area contributed by atoms with E-state index in [1.54, 1.807) is 26.8 Å². The van der Waals surface area contributed by atoms with Crippen molar-refractivity contribution in [1.82, 2.24) is 28.8 Å². The molecule has 0 aliphatic carbocycles. The number of ether oxygens (including phenoxy) is 1. The van der Waals surface area contributed by atoms with Crippen molar-refractivity contribution < 1.29 is 18.3 Å². The molecule has 0 bridgehead atoms. The Labute approximate surface area is 191 Å². The van der Waals surface area contributed by atoms with Crippen molar-refractivity contribution in [3.05, 3.63) is 40.1 Å². The van der Waals surface area contributed by atoms with Gasteiger partial charge >= 0.3 is 0 Å². The molecule has 0 amide bonds. The molecule has 178 valence electrons. The molecule has 1 fully saturated rings. The van der Waals surface area contributed by atoms with E-state index in [-0.39, 0.29) is 29.4 Å². The van der Waals surface area contributed by atoms with Gasteiger partial charge in [-0.1, -0.05) is 0 Å². The van der Waals surface area contributed by atoms with Gasteiger partial charge in [0.25, 0.3) is 5.56 Å². The number of hydrogen-bond donors (Lipinski definition) is 2. The summed E-state index contributed by atoms with van der Waals surface area (Å²) in [4.78, 5) is 21.7. The molecular formula is C21H28N6O5S. The lowest BCUT2D eigenvalue weighted by Crippen LogP contribution is -2.51. The van der Waals surface area contributed by atoms with Crippen LogP contribution in [0.15, 0.2) is 27.9 Å². The van der Waals surface area contributed by atoms with Gasteiger partial charge in [-0.2, -0.15) is 4.31 Å². The van der Waals surface area contributed by atoms with E-state index >= 15 is 0 Å². The van der Waals surface area contributed by atoms with Crippen molar-refractivity contribution in [2.45, 2.75) is 38.8 Å². The first kappa shape index (κ1) is 23.4. The topological polar surface area (TPSA) is 133 Å². The highest BCUT2D eigenvalue weighted by Crippen LogP contribution is 2.31. The lowest BCUT2D eigenvalue weighted by atomic mass is 10.2. The Kier molecular flexibility index (Phi) is 6.27. The predicted molar refractivity (Wildman–Crippen MR) is 122 cm³/mol. The van der Waals surface area contributed by atoms with E-state index in [0.717, 1.165) is 0 Å². The molecule has 1 atom stereocenters. The number of piperazine rings is 1. The number of sulfonamides is 1. The van der Waals surface area contributed by atoms with E-state index < -0.39 is 16.3 Å². The molecule has 11 nitrogen and oxygen atoms in total. The average molecular weight is 477 g/mol. The second-order valence-corrected chi connectivity index (χ2v) is 9.91. The van der Waals surface area contributed by atoms with Crippen LogP contribution in [-0.4, -0.2) is 81.3 Å². The van der Waals surface area contributed by atoms with Crippen molar-refractivity contribution in [2.75, 3.05) is 32.8 Å². The highest BCUT2D eigenvalue weighted by atomic mass is 32.2.